The van der Waals surface area contributed by atoms with Gasteiger partial charge in [0, 0.05) is 23.6 Å². The van der Waals surface area contributed by atoms with Crippen LogP contribution < -0.4 is 4.74 Å². The van der Waals surface area contributed by atoms with Crippen molar-refractivity contribution in [3.63, 3.8) is 0 Å². The highest BCUT2D eigenvalue weighted by molar-refractivity contribution is 5.89. The smallest absolute Gasteiger partial charge is 0.127 e. The summed E-state index contributed by atoms with van der Waals surface area (Å²) in [6.07, 6.45) is 3.39. The summed E-state index contributed by atoms with van der Waals surface area (Å²) in [6, 6.07) is 22.3. The highest BCUT2D eigenvalue weighted by Gasteiger charge is 2.01. The highest BCUT2D eigenvalue weighted by atomic mass is 16.5. The summed E-state index contributed by atoms with van der Waals surface area (Å²) in [5, 5.41) is 9.83. The van der Waals surface area contributed by atoms with Crippen molar-refractivity contribution in [2.75, 3.05) is 7.11 Å². The number of rotatable bonds is 5. The summed E-state index contributed by atoms with van der Waals surface area (Å²) < 4.78 is 5.33. The number of aliphatic imine (C=N–C) groups is 2. The van der Waals surface area contributed by atoms with E-state index in [-0.39, 0.29) is 5.75 Å². The second-order valence-electron chi connectivity index (χ2n) is 5.31. The minimum absolute atomic E-state index is 0.196. The van der Waals surface area contributed by atoms with Gasteiger partial charge in [-0.25, -0.2) is 0 Å². The molecule has 25 heavy (non-hydrogen) atoms. The topological polar surface area (TPSA) is 54.2 Å². The van der Waals surface area contributed by atoms with Crippen LogP contribution in [-0.2, 0) is 0 Å². The molecule has 0 saturated heterocycles. The van der Waals surface area contributed by atoms with Crippen LogP contribution in [0.1, 0.15) is 11.1 Å². The Hall–Kier alpha value is -3.40. The third-order valence-corrected chi connectivity index (χ3v) is 3.64. The summed E-state index contributed by atoms with van der Waals surface area (Å²) in [4.78, 5) is 9.00. The molecule has 0 amide bonds. The van der Waals surface area contributed by atoms with Crippen molar-refractivity contribution in [1.29, 1.82) is 0 Å². The molecule has 0 aromatic heterocycles. The standard InChI is InChI=1S/C21H18N2O2/c1-25-21-13-7-3-9-17(21)15-23-19-11-5-4-10-18(19)22-14-16-8-2-6-12-20(16)24/h2-15,24H,1H3. The molecular weight excluding hydrogens is 312 g/mol. The largest absolute Gasteiger partial charge is 0.507 e. The van der Waals surface area contributed by atoms with Gasteiger partial charge in [-0.15, -0.1) is 0 Å². The molecule has 0 aliphatic rings. The molecule has 124 valence electrons. The van der Waals surface area contributed by atoms with Crippen LogP contribution in [-0.4, -0.2) is 24.6 Å². The Morgan fingerprint density at radius 1 is 0.720 bits per heavy atom. The quantitative estimate of drug-likeness (QED) is 0.676. The Labute approximate surface area is 146 Å². The predicted octanol–water partition coefficient (Wildman–Crippen LogP) is 4.90. The van der Waals surface area contributed by atoms with Gasteiger partial charge >= 0.3 is 0 Å². The van der Waals surface area contributed by atoms with E-state index in [2.05, 4.69) is 9.98 Å². The normalized spacial score (nSPS) is 11.2. The molecule has 0 aliphatic carbocycles. The van der Waals surface area contributed by atoms with Crippen molar-refractivity contribution < 1.29 is 9.84 Å². The number of nitrogens with zero attached hydrogens (tertiary/aromatic N) is 2. The zero-order chi connectivity index (χ0) is 17.5. The SMILES string of the molecule is COc1ccccc1C=Nc1ccccc1N=Cc1ccccc1O. The maximum atomic E-state index is 9.83. The molecule has 1 N–H and O–H groups in total. The number of phenolic OH excluding ortho intramolecular Hbond substituents is 1. The molecule has 3 rings (SSSR count). The first-order valence-corrected chi connectivity index (χ1v) is 7.86. The van der Waals surface area contributed by atoms with Crippen LogP contribution in [0, 0.1) is 0 Å². The Morgan fingerprint density at radius 3 is 1.88 bits per heavy atom. The molecule has 0 saturated carbocycles. The number of aromatic hydroxyl groups is 1. The Morgan fingerprint density at radius 2 is 1.24 bits per heavy atom. The van der Waals surface area contributed by atoms with E-state index < -0.39 is 0 Å². The number of ether oxygens (including phenoxy) is 1. The van der Waals surface area contributed by atoms with E-state index in [1.54, 1.807) is 37.7 Å². The molecule has 4 heteroatoms. The lowest BCUT2D eigenvalue weighted by atomic mass is 10.2. The summed E-state index contributed by atoms with van der Waals surface area (Å²) >= 11 is 0. The van der Waals surface area contributed by atoms with Crippen LogP contribution in [0.25, 0.3) is 0 Å². The summed E-state index contributed by atoms with van der Waals surface area (Å²) in [5.41, 5.74) is 3.01. The first-order valence-electron chi connectivity index (χ1n) is 7.86. The lowest BCUT2D eigenvalue weighted by Gasteiger charge is -2.04. The van der Waals surface area contributed by atoms with Crippen molar-refractivity contribution in [2.45, 2.75) is 0 Å². The van der Waals surface area contributed by atoms with Gasteiger partial charge in [-0.2, -0.15) is 0 Å². The molecule has 0 radical (unpaired) electrons. The van der Waals surface area contributed by atoms with E-state index >= 15 is 0 Å². The van der Waals surface area contributed by atoms with E-state index in [9.17, 15) is 5.11 Å². The molecule has 0 fully saturated rings. The number of phenols is 1. The van der Waals surface area contributed by atoms with Crippen molar-refractivity contribution >= 4 is 23.8 Å². The fourth-order valence-electron chi connectivity index (χ4n) is 2.33. The van der Waals surface area contributed by atoms with Crippen LogP contribution in [0.4, 0.5) is 11.4 Å². The first-order chi connectivity index (χ1) is 12.3. The van der Waals surface area contributed by atoms with Crippen molar-refractivity contribution in [3.8, 4) is 11.5 Å². The van der Waals surface area contributed by atoms with Crippen LogP contribution in [0.3, 0.4) is 0 Å². The van der Waals surface area contributed by atoms with Crippen molar-refractivity contribution in [2.24, 2.45) is 9.98 Å². The van der Waals surface area contributed by atoms with Gasteiger partial charge in [-0.3, -0.25) is 9.98 Å². The maximum Gasteiger partial charge on any atom is 0.127 e. The molecule has 0 unspecified atom stereocenters. The second kappa shape index (κ2) is 7.93. The highest BCUT2D eigenvalue weighted by Crippen LogP contribution is 2.28. The third-order valence-electron chi connectivity index (χ3n) is 3.64. The zero-order valence-corrected chi connectivity index (χ0v) is 13.8. The first kappa shape index (κ1) is 16.5. The Kier molecular flexibility index (Phi) is 5.22. The van der Waals surface area contributed by atoms with Crippen molar-refractivity contribution in [1.82, 2.24) is 0 Å². The van der Waals surface area contributed by atoms with Gasteiger partial charge in [0.1, 0.15) is 11.5 Å². The zero-order valence-electron chi connectivity index (χ0n) is 13.8. The van der Waals surface area contributed by atoms with Crippen LogP contribution >= 0.6 is 0 Å². The van der Waals surface area contributed by atoms with Gasteiger partial charge in [0.15, 0.2) is 0 Å². The van der Waals surface area contributed by atoms with Gasteiger partial charge in [0.05, 0.1) is 18.5 Å². The van der Waals surface area contributed by atoms with Crippen LogP contribution in [0.5, 0.6) is 11.5 Å². The molecule has 0 atom stereocenters. The number of benzene rings is 3. The lowest BCUT2D eigenvalue weighted by Crippen LogP contribution is -1.89. The Balaban J connectivity index is 1.89. The third kappa shape index (κ3) is 4.12. The molecule has 4 nitrogen and oxygen atoms in total. The molecule has 3 aromatic carbocycles. The van der Waals surface area contributed by atoms with E-state index in [0.717, 1.165) is 22.7 Å². The molecule has 0 heterocycles. The molecule has 0 bridgehead atoms. The number of hydrogen-bond donors (Lipinski definition) is 1. The van der Waals surface area contributed by atoms with Crippen LogP contribution in [0.15, 0.2) is 82.8 Å². The number of hydrogen-bond acceptors (Lipinski definition) is 4. The van der Waals surface area contributed by atoms with Gasteiger partial charge in [-0.05, 0) is 36.4 Å². The van der Waals surface area contributed by atoms with Crippen molar-refractivity contribution in [3.05, 3.63) is 83.9 Å². The predicted molar refractivity (Wildman–Crippen MR) is 102 cm³/mol. The lowest BCUT2D eigenvalue weighted by molar-refractivity contribution is 0.414. The number of para-hydroxylation sites is 4. The fourth-order valence-corrected chi connectivity index (χ4v) is 2.33. The average molecular weight is 330 g/mol. The van der Waals surface area contributed by atoms with E-state index in [1.165, 1.54) is 0 Å². The summed E-state index contributed by atoms with van der Waals surface area (Å²) in [7, 11) is 1.64. The fraction of sp³-hybridized carbons (Fsp3) is 0.0476. The number of methoxy groups -OCH3 is 1. The van der Waals surface area contributed by atoms with Gasteiger partial charge in [0.2, 0.25) is 0 Å². The second-order valence-corrected chi connectivity index (χ2v) is 5.31. The summed E-state index contributed by atoms with van der Waals surface area (Å²) in [6.45, 7) is 0. The van der Waals surface area contributed by atoms with Gasteiger partial charge in [0.25, 0.3) is 0 Å². The molecule has 0 aliphatic heterocycles. The van der Waals surface area contributed by atoms with Gasteiger partial charge < -0.3 is 9.84 Å². The maximum absolute atomic E-state index is 9.83. The van der Waals surface area contributed by atoms with E-state index in [4.69, 9.17) is 4.74 Å². The molecule has 3 aromatic rings. The monoisotopic (exact) mass is 330 g/mol. The molecule has 0 spiro atoms. The van der Waals surface area contributed by atoms with Crippen LogP contribution in [0.2, 0.25) is 0 Å². The minimum Gasteiger partial charge on any atom is -0.507 e. The Bertz CT molecular complexity index is 917. The minimum atomic E-state index is 0.196. The van der Waals surface area contributed by atoms with E-state index in [0.29, 0.717) is 5.56 Å². The average Bonchev–Trinajstić information content (AvgIpc) is 2.66. The van der Waals surface area contributed by atoms with Gasteiger partial charge in [-0.1, -0.05) is 36.4 Å². The molecular formula is C21H18N2O2. The summed E-state index contributed by atoms with van der Waals surface area (Å²) in [5.74, 6) is 0.961. The van der Waals surface area contributed by atoms with E-state index in [1.807, 2.05) is 54.6 Å².